The van der Waals surface area contributed by atoms with Gasteiger partial charge in [0.1, 0.15) is 58.6 Å². The number of rotatable bonds is 17. The van der Waals surface area contributed by atoms with Crippen molar-refractivity contribution >= 4 is 75.8 Å². The number of fused-ring (bicyclic) bond motifs is 2. The van der Waals surface area contributed by atoms with Crippen LogP contribution in [0.4, 0.5) is 32.6 Å². The van der Waals surface area contributed by atoms with Crippen LogP contribution in [0.1, 0.15) is 89.3 Å². The molecule has 4 aliphatic heterocycles. The Labute approximate surface area is 522 Å². The summed E-state index contributed by atoms with van der Waals surface area (Å²) in [5.74, 6) is 1.92. The molecule has 4 saturated heterocycles. The molecule has 4 aromatic heterocycles. The number of carbonyl (C=O) groups is 5. The molecule has 0 radical (unpaired) electrons. The zero-order valence-electron chi connectivity index (χ0n) is 49.2. The van der Waals surface area contributed by atoms with Gasteiger partial charge >= 0.3 is 12.2 Å². The van der Waals surface area contributed by atoms with Crippen LogP contribution in [0.3, 0.4) is 0 Å². The van der Waals surface area contributed by atoms with E-state index in [1.165, 1.54) is 46.1 Å². The van der Waals surface area contributed by atoms with Crippen molar-refractivity contribution in [1.82, 2.24) is 65.6 Å². The van der Waals surface area contributed by atoms with E-state index in [4.69, 9.17) is 46.0 Å². The second-order valence-electron chi connectivity index (χ2n) is 21.2. The van der Waals surface area contributed by atoms with Gasteiger partial charge in [-0.15, -0.1) is 0 Å². The minimum absolute atomic E-state index is 0. The Balaban J connectivity index is 0.000000266. The summed E-state index contributed by atoms with van der Waals surface area (Å²) in [6, 6.07) is 12.1. The van der Waals surface area contributed by atoms with Crippen molar-refractivity contribution in [1.29, 1.82) is 0 Å². The Kier molecular flexibility index (Phi) is 25.2. The molecular weight excluding hydrogens is 1220 g/mol. The number of amides is 4. The van der Waals surface area contributed by atoms with Crippen molar-refractivity contribution in [2.75, 3.05) is 56.5 Å². The van der Waals surface area contributed by atoms with Crippen molar-refractivity contribution in [3.8, 4) is 11.5 Å². The summed E-state index contributed by atoms with van der Waals surface area (Å²) in [7, 11) is 0. The van der Waals surface area contributed by atoms with E-state index >= 15 is 0 Å². The average Bonchev–Trinajstić information content (AvgIpc) is 1.79. The fourth-order valence-electron chi connectivity index (χ4n) is 10.7. The third kappa shape index (κ3) is 17.1. The SMILES string of the molecule is CCNC(=O)[C@H]1O[C@@H](n2cnc3c(N)nc(CCCC4CCN(C(=O)Oc5ccc(N)cc5)CC4)nc32)[C@@H](O)C1O.CCNC(=O)[C@H]1O[C@@H](n2cnc3c(N)nc(CCCC4CCN(C(=O)Oc5ccc([N+](=O)[O-])cc5)CC4)nc32)[C@@H](O)C1O.N.O=CO.[Zn]. The number of anilines is 3. The van der Waals surface area contributed by atoms with Crippen molar-refractivity contribution in [2.24, 2.45) is 11.8 Å². The number of ether oxygens (including phenoxy) is 4. The molecule has 8 heterocycles. The van der Waals surface area contributed by atoms with Crippen LogP contribution in [0.5, 0.6) is 11.5 Å². The van der Waals surface area contributed by atoms with E-state index in [2.05, 4.69) is 40.5 Å². The number of aliphatic hydroxyl groups is 4. The first kappa shape index (κ1) is 69.7. The molecule has 10 rings (SSSR count). The number of non-ortho nitro benzene ring substituents is 1. The molecular formula is C55H75N17O16Zn. The van der Waals surface area contributed by atoms with Crippen LogP contribution in [-0.4, -0.2) is 186 Å². The number of benzene rings is 2. The third-order valence-electron chi connectivity index (χ3n) is 15.3. The number of aliphatic hydroxyl groups excluding tert-OH is 4. The van der Waals surface area contributed by atoms with Crippen molar-refractivity contribution in [3.63, 3.8) is 0 Å². The maximum atomic E-state index is 12.5. The van der Waals surface area contributed by atoms with Crippen molar-refractivity contribution < 1.29 is 92.9 Å². The Morgan fingerprint density at radius 3 is 1.38 bits per heavy atom. The number of nitro groups is 1. The first-order valence-electron chi connectivity index (χ1n) is 28.5. The minimum atomic E-state index is -1.43. The number of aromatic nitrogens is 8. The monoisotopic (exact) mass is 1290 g/mol. The number of nitrogen functional groups attached to an aromatic ring is 3. The second-order valence-corrected chi connectivity index (χ2v) is 21.2. The first-order chi connectivity index (χ1) is 41.8. The molecule has 478 valence electrons. The Bertz CT molecular complexity index is 3350. The van der Waals surface area contributed by atoms with Gasteiger partial charge in [0.25, 0.3) is 24.0 Å². The maximum Gasteiger partial charge on any atom is 0.415 e. The van der Waals surface area contributed by atoms with E-state index < -0.39 is 71.9 Å². The first-order valence-corrected chi connectivity index (χ1v) is 28.5. The van der Waals surface area contributed by atoms with Crippen molar-refractivity contribution in [2.45, 2.75) is 127 Å². The van der Waals surface area contributed by atoms with Gasteiger partial charge in [-0.2, -0.15) is 0 Å². The predicted molar refractivity (Wildman–Crippen MR) is 313 cm³/mol. The number of nitrogens with zero attached hydrogens (tertiary/aromatic N) is 11. The molecule has 2 aromatic carbocycles. The summed E-state index contributed by atoms with van der Waals surface area (Å²) in [5, 5.41) is 64.9. The summed E-state index contributed by atoms with van der Waals surface area (Å²) in [4.78, 5) is 98.1. The number of imidazole rings is 2. The number of likely N-dealkylation sites (N-methyl/N-ethyl adjacent to an activating group) is 2. The summed E-state index contributed by atoms with van der Waals surface area (Å²) in [6.07, 6.45) is -0.389. The fraction of sp³-hybridized carbons (Fsp3) is 0.509. The van der Waals surface area contributed by atoms with Crippen LogP contribution >= 0.6 is 0 Å². The minimum Gasteiger partial charge on any atom is -0.483 e. The van der Waals surface area contributed by atoms with Gasteiger partial charge in [0, 0.05) is 89.4 Å². The number of aryl methyl sites for hydroxylation is 2. The molecule has 8 atom stereocenters. The molecule has 0 aliphatic carbocycles. The molecule has 89 heavy (non-hydrogen) atoms. The molecule has 4 fully saturated rings. The zero-order valence-corrected chi connectivity index (χ0v) is 52.2. The smallest absolute Gasteiger partial charge is 0.415 e. The summed E-state index contributed by atoms with van der Waals surface area (Å²) in [6.45, 7) is 6.28. The molecule has 33 nitrogen and oxygen atoms in total. The number of piperidine rings is 2. The summed E-state index contributed by atoms with van der Waals surface area (Å²) >= 11 is 0. The second kappa shape index (κ2) is 32.2. The number of nitro benzene ring substituents is 1. The van der Waals surface area contributed by atoms with Crippen LogP contribution in [-0.2, 0) is 56.2 Å². The van der Waals surface area contributed by atoms with Crippen LogP contribution in [0.2, 0.25) is 0 Å². The van der Waals surface area contributed by atoms with E-state index in [1.807, 2.05) is 0 Å². The Morgan fingerprint density at radius 1 is 0.652 bits per heavy atom. The number of carboxylic acid groups (broad SMARTS) is 1. The molecule has 34 heteroatoms. The van der Waals surface area contributed by atoms with Gasteiger partial charge in [0.2, 0.25) is 0 Å². The van der Waals surface area contributed by atoms with Crippen LogP contribution in [0, 0.1) is 22.0 Å². The molecule has 0 spiro atoms. The van der Waals surface area contributed by atoms with Gasteiger partial charge in [0.15, 0.2) is 47.6 Å². The summed E-state index contributed by atoms with van der Waals surface area (Å²) in [5.41, 5.74) is 19.9. The van der Waals surface area contributed by atoms with E-state index in [1.54, 1.807) is 47.9 Å². The maximum absolute atomic E-state index is 12.5. The van der Waals surface area contributed by atoms with Gasteiger partial charge < -0.3 is 88.3 Å². The quantitative estimate of drug-likeness (QED) is 0.0205. The molecule has 4 amide bonds. The largest absolute Gasteiger partial charge is 0.483 e. The molecule has 4 aliphatic rings. The normalized spacial score (nSPS) is 21.7. The van der Waals surface area contributed by atoms with E-state index in [-0.39, 0.29) is 61.3 Å². The number of hydrogen-bond donors (Lipinski definition) is 11. The molecule has 0 saturated carbocycles. The zero-order chi connectivity index (χ0) is 62.5. The Hall–Kier alpha value is -8.37. The number of nitrogens with two attached hydrogens (primary N) is 3. The fourth-order valence-corrected chi connectivity index (χ4v) is 10.7. The van der Waals surface area contributed by atoms with Gasteiger partial charge in [-0.25, -0.2) is 39.5 Å². The third-order valence-corrected chi connectivity index (χ3v) is 15.3. The molecule has 16 N–H and O–H groups in total. The number of carbonyl (C=O) groups excluding carboxylic acids is 4. The van der Waals surface area contributed by atoms with Gasteiger partial charge in [0.05, 0.1) is 17.6 Å². The predicted octanol–water partition coefficient (Wildman–Crippen LogP) is 2.15. The van der Waals surface area contributed by atoms with E-state index in [9.17, 15) is 49.7 Å². The van der Waals surface area contributed by atoms with Gasteiger partial charge in [-0.3, -0.25) is 33.6 Å². The van der Waals surface area contributed by atoms with Crippen LogP contribution in [0.15, 0.2) is 61.2 Å². The van der Waals surface area contributed by atoms with Crippen molar-refractivity contribution in [3.05, 3.63) is 82.9 Å². The number of nitrogens with one attached hydrogen (secondary N) is 2. The average molecular weight is 1300 g/mol. The van der Waals surface area contributed by atoms with E-state index in [0.717, 1.165) is 51.4 Å². The standard InChI is InChI=1S/C27H34N8O8.C27H36N8O6.CH2O2.H3N.Zn/c1-2-29-25(38)22-20(36)21(37)26(43-22)34-14-30-19-23(28)31-18(32-24(19)34)5-3-4-15-10-12-33(13-11-15)27(39)42-17-8-6-16(7-9-17)35(40)41;1-2-30-25(38)22-20(36)21(37)26(41-22)35-14-31-19-23(29)32-18(33-24(19)35)5-3-4-15-10-12-34(13-11-15)27(39)40-17-8-6-16(28)7-9-17;2-1-3;;/h6-9,14-15,20-22,26,36-37H,2-5,10-13H2,1H3,(H,29,38)(H2,28,31,32);6-9,14-15,20-22,26,36-37H,2-5,10-13,28H2,1H3,(H,30,38)(H2,29,32,33);1H,(H,2,3);1H3;/t2*20?,21-,22-,26+;;;/m00.../s1. The van der Waals surface area contributed by atoms with Gasteiger partial charge in [-0.05, 0) is 113 Å². The molecule has 2 unspecified atom stereocenters. The summed E-state index contributed by atoms with van der Waals surface area (Å²) < 4.78 is 25.2. The van der Waals surface area contributed by atoms with Crippen LogP contribution in [0.25, 0.3) is 22.3 Å². The molecule has 6 aromatic rings. The van der Waals surface area contributed by atoms with E-state index in [0.29, 0.717) is 109 Å². The number of likely N-dealkylation sites (tertiary alicyclic amines) is 2. The Morgan fingerprint density at radius 2 is 1.02 bits per heavy atom. The molecule has 0 bridgehead atoms. The number of hydrogen-bond acceptors (Lipinski definition) is 25. The van der Waals surface area contributed by atoms with Crippen LogP contribution < -0.4 is 43.5 Å². The van der Waals surface area contributed by atoms with Gasteiger partial charge in [-0.1, -0.05) is 0 Å². The topological polar surface area (TPSA) is 497 Å².